The van der Waals surface area contributed by atoms with E-state index in [2.05, 4.69) is 10.2 Å². The normalized spacial score (nSPS) is 15.3. The third-order valence-corrected chi connectivity index (χ3v) is 5.83. The molecule has 1 heterocycles. The number of rotatable bonds is 6. The van der Waals surface area contributed by atoms with Crippen LogP contribution in [0.3, 0.4) is 0 Å². The lowest BCUT2D eigenvalue weighted by molar-refractivity contribution is -0.130. The van der Waals surface area contributed by atoms with E-state index < -0.39 is 5.51 Å². The summed E-state index contributed by atoms with van der Waals surface area (Å²) in [5.41, 5.74) is -1.88. The third kappa shape index (κ3) is 7.87. The Morgan fingerprint density at radius 1 is 1.00 bits per heavy atom. The van der Waals surface area contributed by atoms with E-state index >= 15 is 0 Å². The van der Waals surface area contributed by atoms with E-state index in [1.807, 2.05) is 24.3 Å². The number of carbonyl (C=O) groups is 2. The summed E-state index contributed by atoms with van der Waals surface area (Å²) in [6.45, 7) is 5.02. The molecular weight excluding hydrogens is 439 g/mol. The topological polar surface area (TPSA) is 52.7 Å². The second-order valence-electron chi connectivity index (χ2n) is 7.76. The molecule has 1 saturated heterocycles. The predicted octanol–water partition coefficient (Wildman–Crippen LogP) is 4.53. The number of thioether (sulfide) groups is 1. The van der Waals surface area contributed by atoms with Gasteiger partial charge in [0.15, 0.2) is 0 Å². The SMILES string of the molecule is CC(=O)Nc1ccc(CN2CCCN(C(=O)Cc3cccc(SC(F)(F)F)c3)CC2)cc1. The molecule has 0 bridgehead atoms. The summed E-state index contributed by atoms with van der Waals surface area (Å²) in [5, 5.41) is 2.74. The summed E-state index contributed by atoms with van der Waals surface area (Å²) in [6.07, 6.45) is 0.927. The van der Waals surface area contributed by atoms with Gasteiger partial charge in [0.25, 0.3) is 0 Å². The number of hydrogen-bond donors (Lipinski definition) is 1. The Labute approximate surface area is 190 Å². The third-order valence-electron chi connectivity index (χ3n) is 5.11. The van der Waals surface area contributed by atoms with Gasteiger partial charge in [0.05, 0.1) is 6.42 Å². The van der Waals surface area contributed by atoms with Gasteiger partial charge in [-0.15, -0.1) is 0 Å². The molecule has 5 nitrogen and oxygen atoms in total. The molecule has 32 heavy (non-hydrogen) atoms. The van der Waals surface area contributed by atoms with Gasteiger partial charge in [-0.1, -0.05) is 24.3 Å². The molecule has 1 aliphatic heterocycles. The predicted molar refractivity (Wildman–Crippen MR) is 119 cm³/mol. The van der Waals surface area contributed by atoms with E-state index in [-0.39, 0.29) is 34.9 Å². The lowest BCUT2D eigenvalue weighted by Gasteiger charge is -2.22. The van der Waals surface area contributed by atoms with Gasteiger partial charge >= 0.3 is 5.51 Å². The molecule has 1 fully saturated rings. The summed E-state index contributed by atoms with van der Waals surface area (Å²) in [5.74, 6) is -0.179. The Morgan fingerprint density at radius 3 is 2.44 bits per heavy atom. The van der Waals surface area contributed by atoms with Crippen molar-refractivity contribution < 1.29 is 22.8 Å². The molecule has 2 aromatic carbocycles. The fourth-order valence-corrected chi connectivity index (χ4v) is 4.30. The molecule has 9 heteroatoms. The fraction of sp³-hybridized carbons (Fsp3) is 0.391. The van der Waals surface area contributed by atoms with Crippen LogP contribution in [0.2, 0.25) is 0 Å². The van der Waals surface area contributed by atoms with Gasteiger partial charge in [0, 0.05) is 50.2 Å². The molecule has 172 valence electrons. The Bertz CT molecular complexity index is 935. The number of nitrogens with zero attached hydrogens (tertiary/aromatic N) is 2. The van der Waals surface area contributed by atoms with Crippen molar-refractivity contribution >= 4 is 29.3 Å². The lowest BCUT2D eigenvalue weighted by Crippen LogP contribution is -2.36. The van der Waals surface area contributed by atoms with Crippen molar-refractivity contribution in [3.63, 3.8) is 0 Å². The van der Waals surface area contributed by atoms with Gasteiger partial charge in [-0.3, -0.25) is 14.5 Å². The average Bonchev–Trinajstić information content (AvgIpc) is 2.94. The molecule has 0 aromatic heterocycles. The van der Waals surface area contributed by atoms with Crippen molar-refractivity contribution in [2.45, 2.75) is 36.7 Å². The summed E-state index contributed by atoms with van der Waals surface area (Å²) in [7, 11) is 0. The van der Waals surface area contributed by atoms with Gasteiger partial charge in [0.1, 0.15) is 0 Å². The van der Waals surface area contributed by atoms with E-state index in [1.54, 1.807) is 17.0 Å². The number of amides is 2. The highest BCUT2D eigenvalue weighted by Gasteiger charge is 2.29. The maximum absolute atomic E-state index is 12.8. The number of nitrogens with one attached hydrogen (secondary N) is 1. The quantitative estimate of drug-likeness (QED) is 0.637. The molecular formula is C23H26F3N3O2S. The van der Waals surface area contributed by atoms with Crippen LogP contribution in [0.5, 0.6) is 0 Å². The molecule has 3 rings (SSSR count). The zero-order valence-corrected chi connectivity index (χ0v) is 18.6. The Balaban J connectivity index is 1.52. The second kappa shape index (κ2) is 10.9. The van der Waals surface area contributed by atoms with E-state index in [0.717, 1.165) is 37.3 Å². The number of benzene rings is 2. The van der Waals surface area contributed by atoms with E-state index in [0.29, 0.717) is 18.7 Å². The van der Waals surface area contributed by atoms with Crippen LogP contribution in [0.25, 0.3) is 0 Å². The van der Waals surface area contributed by atoms with Gasteiger partial charge in [0.2, 0.25) is 11.8 Å². The zero-order chi connectivity index (χ0) is 23.1. The van der Waals surface area contributed by atoms with Crippen LogP contribution in [0.1, 0.15) is 24.5 Å². The highest BCUT2D eigenvalue weighted by molar-refractivity contribution is 8.00. The number of carbonyl (C=O) groups excluding carboxylic acids is 2. The first kappa shape index (κ1) is 24.1. The summed E-state index contributed by atoms with van der Waals surface area (Å²) in [4.78, 5) is 28.0. The molecule has 0 aliphatic carbocycles. The first-order chi connectivity index (χ1) is 15.2. The maximum atomic E-state index is 12.8. The van der Waals surface area contributed by atoms with Crippen molar-refractivity contribution in [2.24, 2.45) is 0 Å². The highest BCUT2D eigenvalue weighted by Crippen LogP contribution is 2.37. The Hall–Kier alpha value is -2.52. The van der Waals surface area contributed by atoms with Crippen molar-refractivity contribution in [2.75, 3.05) is 31.5 Å². The molecule has 0 radical (unpaired) electrons. The van der Waals surface area contributed by atoms with Gasteiger partial charge in [-0.05, 0) is 53.6 Å². The largest absolute Gasteiger partial charge is 0.446 e. The minimum Gasteiger partial charge on any atom is -0.341 e. The first-order valence-corrected chi connectivity index (χ1v) is 11.2. The molecule has 2 aromatic rings. The summed E-state index contributed by atoms with van der Waals surface area (Å²) < 4.78 is 37.8. The van der Waals surface area contributed by atoms with E-state index in [1.165, 1.54) is 19.1 Å². The molecule has 0 unspecified atom stereocenters. The smallest absolute Gasteiger partial charge is 0.341 e. The number of alkyl halides is 3. The van der Waals surface area contributed by atoms with Gasteiger partial charge in [-0.25, -0.2) is 0 Å². The first-order valence-electron chi connectivity index (χ1n) is 10.4. The maximum Gasteiger partial charge on any atom is 0.446 e. The molecule has 2 amide bonds. The van der Waals surface area contributed by atoms with Crippen molar-refractivity contribution in [3.8, 4) is 0 Å². The molecule has 1 N–H and O–H groups in total. The van der Waals surface area contributed by atoms with Crippen LogP contribution in [-0.4, -0.2) is 53.3 Å². The lowest BCUT2D eigenvalue weighted by atomic mass is 10.1. The van der Waals surface area contributed by atoms with Crippen LogP contribution < -0.4 is 5.32 Å². The summed E-state index contributed by atoms with van der Waals surface area (Å²) in [6, 6.07) is 13.8. The molecule has 1 aliphatic rings. The summed E-state index contributed by atoms with van der Waals surface area (Å²) >= 11 is -0.167. The standard InChI is InChI=1S/C23H26F3N3O2S/c1-17(30)27-20-8-6-18(7-9-20)16-28-10-3-11-29(13-12-28)22(31)15-19-4-2-5-21(14-19)32-23(24,25)26/h2,4-9,14H,3,10-13,15-16H2,1H3,(H,27,30). The fourth-order valence-electron chi connectivity index (χ4n) is 3.67. The van der Waals surface area contributed by atoms with Crippen LogP contribution in [0, 0.1) is 0 Å². The zero-order valence-electron chi connectivity index (χ0n) is 17.8. The van der Waals surface area contributed by atoms with Crippen LogP contribution in [0.15, 0.2) is 53.4 Å². The van der Waals surface area contributed by atoms with Crippen LogP contribution in [0.4, 0.5) is 18.9 Å². The minimum absolute atomic E-state index is 0.0688. The van der Waals surface area contributed by atoms with E-state index in [9.17, 15) is 22.8 Å². The van der Waals surface area contributed by atoms with Gasteiger partial charge in [-0.2, -0.15) is 13.2 Å². The minimum atomic E-state index is -4.35. The second-order valence-corrected chi connectivity index (χ2v) is 8.90. The van der Waals surface area contributed by atoms with E-state index in [4.69, 9.17) is 0 Å². The number of anilines is 1. The highest BCUT2D eigenvalue weighted by atomic mass is 32.2. The van der Waals surface area contributed by atoms with Crippen molar-refractivity contribution in [3.05, 3.63) is 59.7 Å². The number of halogens is 3. The van der Waals surface area contributed by atoms with Crippen molar-refractivity contribution in [1.29, 1.82) is 0 Å². The average molecular weight is 466 g/mol. The monoisotopic (exact) mass is 465 g/mol. The number of hydrogen-bond acceptors (Lipinski definition) is 4. The molecule has 0 atom stereocenters. The van der Waals surface area contributed by atoms with Crippen LogP contribution >= 0.6 is 11.8 Å². The molecule has 0 saturated carbocycles. The Morgan fingerprint density at radius 2 is 1.75 bits per heavy atom. The van der Waals surface area contributed by atoms with Crippen LogP contribution in [-0.2, 0) is 22.6 Å². The van der Waals surface area contributed by atoms with Crippen molar-refractivity contribution in [1.82, 2.24) is 9.80 Å². The van der Waals surface area contributed by atoms with Gasteiger partial charge < -0.3 is 10.2 Å². The Kier molecular flexibility index (Phi) is 8.20. The molecule has 0 spiro atoms.